The third-order valence-electron chi connectivity index (χ3n) is 3.83. The monoisotopic (exact) mass is 265 g/mol. The third kappa shape index (κ3) is 6.07. The molecule has 0 heterocycles. The van der Waals surface area contributed by atoms with Crippen LogP contribution in [0.3, 0.4) is 0 Å². The van der Waals surface area contributed by atoms with E-state index in [1.54, 1.807) is 0 Å². The fraction of sp³-hybridized carbons (Fsp3) is 1.00. The molecule has 108 valence electrons. The van der Waals surface area contributed by atoms with Gasteiger partial charge in [0.1, 0.15) is 0 Å². The molecule has 0 radical (unpaired) electrons. The van der Waals surface area contributed by atoms with Crippen molar-refractivity contribution in [1.82, 2.24) is 5.32 Å². The van der Waals surface area contributed by atoms with Crippen molar-refractivity contribution in [3.8, 4) is 0 Å². The molecule has 0 saturated heterocycles. The number of halogens is 3. The summed E-state index contributed by atoms with van der Waals surface area (Å²) in [5.41, 5.74) is 0. The molecule has 0 unspecified atom stereocenters. The number of unbranched alkanes of at least 4 members (excludes halogenated alkanes) is 1. The first-order chi connectivity index (χ1) is 8.39. The Hall–Kier alpha value is -0.250. The van der Waals surface area contributed by atoms with Gasteiger partial charge in [-0.15, -0.1) is 0 Å². The van der Waals surface area contributed by atoms with Gasteiger partial charge in [-0.25, -0.2) is 0 Å². The van der Waals surface area contributed by atoms with Gasteiger partial charge in [-0.1, -0.05) is 26.7 Å². The maximum absolute atomic E-state index is 12.5. The van der Waals surface area contributed by atoms with E-state index in [1.165, 1.54) is 12.8 Å². The van der Waals surface area contributed by atoms with Gasteiger partial charge in [-0.2, -0.15) is 13.2 Å². The van der Waals surface area contributed by atoms with E-state index < -0.39 is 12.1 Å². The molecule has 1 saturated carbocycles. The van der Waals surface area contributed by atoms with Gasteiger partial charge >= 0.3 is 6.18 Å². The second-order valence-corrected chi connectivity index (χ2v) is 5.93. The molecule has 1 rings (SSSR count). The second kappa shape index (κ2) is 7.37. The highest BCUT2D eigenvalue weighted by atomic mass is 19.4. The number of hydrogen-bond donors (Lipinski definition) is 1. The summed E-state index contributed by atoms with van der Waals surface area (Å²) in [5, 5.41) is 3.40. The van der Waals surface area contributed by atoms with Crippen LogP contribution < -0.4 is 5.32 Å². The average molecular weight is 265 g/mol. The van der Waals surface area contributed by atoms with Gasteiger partial charge in [0.15, 0.2) is 0 Å². The summed E-state index contributed by atoms with van der Waals surface area (Å²) in [7, 11) is 0. The van der Waals surface area contributed by atoms with E-state index in [9.17, 15) is 13.2 Å². The lowest BCUT2D eigenvalue weighted by Crippen LogP contribution is -2.37. The minimum atomic E-state index is -3.98. The van der Waals surface area contributed by atoms with E-state index in [4.69, 9.17) is 0 Å². The van der Waals surface area contributed by atoms with Crippen LogP contribution in [0, 0.1) is 11.8 Å². The Bertz CT molecular complexity index is 218. The fourth-order valence-electron chi connectivity index (χ4n) is 2.61. The van der Waals surface area contributed by atoms with Gasteiger partial charge in [0, 0.05) is 6.04 Å². The molecule has 18 heavy (non-hydrogen) atoms. The first-order valence-corrected chi connectivity index (χ1v) is 7.19. The quantitative estimate of drug-likeness (QED) is 0.696. The van der Waals surface area contributed by atoms with Gasteiger partial charge in [0.25, 0.3) is 0 Å². The van der Waals surface area contributed by atoms with E-state index in [0.717, 1.165) is 18.9 Å². The zero-order valence-electron chi connectivity index (χ0n) is 11.5. The Morgan fingerprint density at radius 3 is 2.17 bits per heavy atom. The van der Waals surface area contributed by atoms with Gasteiger partial charge in [-0.3, -0.25) is 0 Å². The summed E-state index contributed by atoms with van der Waals surface area (Å²) >= 11 is 0. The van der Waals surface area contributed by atoms with E-state index in [0.29, 0.717) is 31.7 Å². The maximum Gasteiger partial charge on any atom is 0.391 e. The van der Waals surface area contributed by atoms with E-state index in [2.05, 4.69) is 19.2 Å². The van der Waals surface area contributed by atoms with Crippen LogP contribution in [0.15, 0.2) is 0 Å². The van der Waals surface area contributed by atoms with Crippen LogP contribution in [-0.2, 0) is 0 Å². The minimum Gasteiger partial charge on any atom is -0.314 e. The highest BCUT2D eigenvalue weighted by Crippen LogP contribution is 2.37. The standard InChI is InChI=1S/C14H26F3N/c1-11(2)5-3-4-10-18-13-8-6-12(7-9-13)14(15,16)17/h11-13,18H,3-10H2,1-2H3. The molecule has 0 aromatic rings. The van der Waals surface area contributed by atoms with Crippen molar-refractivity contribution in [3.63, 3.8) is 0 Å². The second-order valence-electron chi connectivity index (χ2n) is 5.93. The Morgan fingerprint density at radius 1 is 1.06 bits per heavy atom. The van der Waals surface area contributed by atoms with Crippen LogP contribution >= 0.6 is 0 Å². The molecule has 0 bridgehead atoms. The van der Waals surface area contributed by atoms with Crippen molar-refractivity contribution < 1.29 is 13.2 Å². The Labute approximate surface area is 109 Å². The predicted octanol–water partition coefficient (Wildman–Crippen LogP) is 4.52. The largest absolute Gasteiger partial charge is 0.391 e. The van der Waals surface area contributed by atoms with Crippen molar-refractivity contribution in [2.75, 3.05) is 6.54 Å². The van der Waals surface area contributed by atoms with Crippen LogP contribution in [-0.4, -0.2) is 18.8 Å². The molecule has 1 aliphatic carbocycles. The number of hydrogen-bond acceptors (Lipinski definition) is 1. The Kier molecular flexibility index (Phi) is 6.47. The Balaban J connectivity index is 2.06. The minimum absolute atomic E-state index is 0.299. The van der Waals surface area contributed by atoms with Crippen LogP contribution in [0.4, 0.5) is 13.2 Å². The molecule has 0 amide bonds. The topological polar surface area (TPSA) is 12.0 Å². The lowest BCUT2D eigenvalue weighted by Gasteiger charge is -2.30. The molecule has 1 fully saturated rings. The lowest BCUT2D eigenvalue weighted by molar-refractivity contribution is -0.182. The first-order valence-electron chi connectivity index (χ1n) is 7.19. The van der Waals surface area contributed by atoms with Gasteiger partial charge in [-0.05, 0) is 44.6 Å². The summed E-state index contributed by atoms with van der Waals surface area (Å²) in [6, 6.07) is 0.308. The van der Waals surface area contributed by atoms with Gasteiger partial charge < -0.3 is 5.32 Å². The maximum atomic E-state index is 12.5. The zero-order valence-corrected chi connectivity index (χ0v) is 11.5. The zero-order chi connectivity index (χ0) is 13.6. The van der Waals surface area contributed by atoms with Crippen molar-refractivity contribution in [3.05, 3.63) is 0 Å². The van der Waals surface area contributed by atoms with E-state index in [1.807, 2.05) is 0 Å². The van der Waals surface area contributed by atoms with Crippen LogP contribution in [0.1, 0.15) is 58.8 Å². The van der Waals surface area contributed by atoms with E-state index in [-0.39, 0.29) is 0 Å². The van der Waals surface area contributed by atoms with Crippen molar-refractivity contribution in [2.45, 2.75) is 71.0 Å². The number of alkyl halides is 3. The summed E-state index contributed by atoms with van der Waals surface area (Å²) in [6.45, 7) is 5.38. The summed E-state index contributed by atoms with van der Waals surface area (Å²) in [4.78, 5) is 0. The number of nitrogens with one attached hydrogen (secondary N) is 1. The predicted molar refractivity (Wildman–Crippen MR) is 68.5 cm³/mol. The molecule has 0 spiro atoms. The average Bonchev–Trinajstić information content (AvgIpc) is 2.27. The molecule has 0 aromatic heterocycles. The normalized spacial score (nSPS) is 25.7. The van der Waals surface area contributed by atoms with Crippen LogP contribution in [0.5, 0.6) is 0 Å². The smallest absolute Gasteiger partial charge is 0.314 e. The lowest BCUT2D eigenvalue weighted by atomic mass is 9.85. The molecular formula is C14H26F3N. The summed E-state index contributed by atoms with van der Waals surface area (Å²) < 4.78 is 37.4. The fourth-order valence-corrected chi connectivity index (χ4v) is 2.61. The summed E-state index contributed by atoms with van der Waals surface area (Å²) in [5.74, 6) is -0.316. The SMILES string of the molecule is CC(C)CCCCNC1CCC(C(F)(F)F)CC1. The first kappa shape index (κ1) is 15.8. The molecule has 4 heteroatoms. The Morgan fingerprint density at radius 2 is 1.67 bits per heavy atom. The van der Waals surface area contributed by atoms with Gasteiger partial charge in [0.2, 0.25) is 0 Å². The van der Waals surface area contributed by atoms with Crippen LogP contribution in [0.2, 0.25) is 0 Å². The van der Waals surface area contributed by atoms with E-state index >= 15 is 0 Å². The highest BCUT2D eigenvalue weighted by molar-refractivity contribution is 4.80. The number of rotatable bonds is 6. The van der Waals surface area contributed by atoms with Crippen molar-refractivity contribution in [2.24, 2.45) is 11.8 Å². The third-order valence-corrected chi connectivity index (χ3v) is 3.83. The molecule has 1 aliphatic rings. The van der Waals surface area contributed by atoms with Gasteiger partial charge in [0.05, 0.1) is 5.92 Å². The molecule has 0 atom stereocenters. The molecule has 1 nitrogen and oxygen atoms in total. The van der Waals surface area contributed by atoms with Crippen LogP contribution in [0.25, 0.3) is 0 Å². The molecule has 0 aliphatic heterocycles. The molecular weight excluding hydrogens is 239 g/mol. The highest BCUT2D eigenvalue weighted by Gasteiger charge is 2.41. The van der Waals surface area contributed by atoms with Crippen molar-refractivity contribution >= 4 is 0 Å². The summed E-state index contributed by atoms with van der Waals surface area (Å²) in [6.07, 6.45) is 1.55. The molecule has 1 N–H and O–H groups in total. The van der Waals surface area contributed by atoms with Crippen molar-refractivity contribution in [1.29, 1.82) is 0 Å². The molecule has 0 aromatic carbocycles.